The number of aliphatic imine (C=N–C) groups is 1. The minimum Gasteiger partial charge on any atom is -0.309 e. The second-order valence-corrected chi connectivity index (χ2v) is 7.47. The highest BCUT2D eigenvalue weighted by molar-refractivity contribution is 6.11. The van der Waals surface area contributed by atoms with E-state index in [0.29, 0.717) is 0 Å². The first-order valence-corrected chi connectivity index (χ1v) is 10.8. The standard InChI is InChI=1S/C29H28N2/c1-5-12-21-15-17-25-26-20-22(27(8-4)30-19-6-2)16-18-28(26)31(29(25)24(21)7-3)23-13-10-9-11-14-23/h5-6,8-20H,2,7H2,1,3-4H3/b12-5-,27-8-,30-19?. The summed E-state index contributed by atoms with van der Waals surface area (Å²) in [6, 6.07) is 21.8. The van der Waals surface area contributed by atoms with Crippen LogP contribution >= 0.6 is 0 Å². The van der Waals surface area contributed by atoms with E-state index in [1.54, 1.807) is 12.3 Å². The number of aryl methyl sites for hydroxylation is 1. The molecule has 0 N–H and O–H groups in total. The van der Waals surface area contributed by atoms with E-state index in [4.69, 9.17) is 0 Å². The lowest BCUT2D eigenvalue weighted by Gasteiger charge is -2.12. The summed E-state index contributed by atoms with van der Waals surface area (Å²) in [7, 11) is 0. The Morgan fingerprint density at radius 2 is 1.81 bits per heavy atom. The van der Waals surface area contributed by atoms with E-state index >= 15 is 0 Å². The minimum atomic E-state index is 0.948. The van der Waals surface area contributed by atoms with Crippen LogP contribution in [-0.4, -0.2) is 10.8 Å². The number of aromatic nitrogens is 1. The van der Waals surface area contributed by atoms with Crippen LogP contribution in [0.3, 0.4) is 0 Å². The van der Waals surface area contributed by atoms with Crippen molar-refractivity contribution in [2.75, 3.05) is 0 Å². The molecule has 0 aliphatic carbocycles. The number of rotatable bonds is 6. The third-order valence-corrected chi connectivity index (χ3v) is 5.67. The first kappa shape index (κ1) is 20.6. The van der Waals surface area contributed by atoms with Crippen molar-refractivity contribution in [3.63, 3.8) is 0 Å². The van der Waals surface area contributed by atoms with Crippen LogP contribution in [0.5, 0.6) is 0 Å². The fourth-order valence-electron chi connectivity index (χ4n) is 4.35. The van der Waals surface area contributed by atoms with E-state index < -0.39 is 0 Å². The van der Waals surface area contributed by atoms with Gasteiger partial charge in [-0.2, -0.15) is 0 Å². The molecule has 0 atom stereocenters. The normalized spacial score (nSPS) is 12.5. The van der Waals surface area contributed by atoms with E-state index in [-0.39, 0.29) is 0 Å². The molecule has 31 heavy (non-hydrogen) atoms. The third-order valence-electron chi connectivity index (χ3n) is 5.67. The zero-order chi connectivity index (χ0) is 21.8. The van der Waals surface area contributed by atoms with Crippen LogP contribution in [-0.2, 0) is 6.42 Å². The summed E-state index contributed by atoms with van der Waals surface area (Å²) in [5.74, 6) is 0. The van der Waals surface area contributed by atoms with Crippen LogP contribution in [0.4, 0.5) is 0 Å². The summed E-state index contributed by atoms with van der Waals surface area (Å²) in [5.41, 5.74) is 8.38. The van der Waals surface area contributed by atoms with Gasteiger partial charge in [0.05, 0.1) is 16.7 Å². The van der Waals surface area contributed by atoms with Crippen molar-refractivity contribution in [3.05, 3.63) is 102 Å². The predicted octanol–water partition coefficient (Wildman–Crippen LogP) is 8.00. The van der Waals surface area contributed by atoms with Crippen molar-refractivity contribution < 1.29 is 0 Å². The smallest absolute Gasteiger partial charge is 0.0659 e. The van der Waals surface area contributed by atoms with Crippen LogP contribution < -0.4 is 0 Å². The number of para-hydroxylation sites is 1. The summed E-state index contributed by atoms with van der Waals surface area (Å²) >= 11 is 0. The molecule has 4 aromatic rings. The van der Waals surface area contributed by atoms with Gasteiger partial charge in [0.1, 0.15) is 0 Å². The average Bonchev–Trinajstić information content (AvgIpc) is 3.14. The molecule has 0 amide bonds. The molecular formula is C29H28N2. The molecule has 2 nitrogen and oxygen atoms in total. The van der Waals surface area contributed by atoms with E-state index in [0.717, 1.165) is 17.7 Å². The number of nitrogens with zero attached hydrogens (tertiary/aromatic N) is 2. The Kier molecular flexibility index (Phi) is 5.99. The number of hydrogen-bond acceptors (Lipinski definition) is 1. The van der Waals surface area contributed by atoms with E-state index in [1.807, 2.05) is 13.0 Å². The Morgan fingerprint density at radius 3 is 2.48 bits per heavy atom. The number of allylic oxidation sites excluding steroid dienone is 3. The lowest BCUT2D eigenvalue weighted by atomic mass is 9.99. The van der Waals surface area contributed by atoms with Gasteiger partial charge in [-0.15, -0.1) is 0 Å². The van der Waals surface area contributed by atoms with Gasteiger partial charge in [-0.05, 0) is 55.7 Å². The van der Waals surface area contributed by atoms with Crippen LogP contribution in [0.15, 0.2) is 90.5 Å². The number of fused-ring (bicyclic) bond motifs is 3. The number of hydrogen-bond donors (Lipinski definition) is 0. The summed E-state index contributed by atoms with van der Waals surface area (Å²) in [6.45, 7) is 10.1. The van der Waals surface area contributed by atoms with Crippen LogP contribution in [0, 0.1) is 0 Å². The maximum atomic E-state index is 4.56. The molecule has 0 unspecified atom stereocenters. The highest BCUT2D eigenvalue weighted by Crippen LogP contribution is 2.37. The molecule has 0 spiro atoms. The van der Waals surface area contributed by atoms with E-state index in [1.165, 1.54) is 38.6 Å². The van der Waals surface area contributed by atoms with Crippen molar-refractivity contribution in [2.24, 2.45) is 4.99 Å². The van der Waals surface area contributed by atoms with Crippen molar-refractivity contribution in [3.8, 4) is 5.69 Å². The molecule has 0 saturated carbocycles. The van der Waals surface area contributed by atoms with Gasteiger partial charge in [0.15, 0.2) is 0 Å². The van der Waals surface area contributed by atoms with Crippen molar-refractivity contribution in [2.45, 2.75) is 27.2 Å². The monoisotopic (exact) mass is 404 g/mol. The van der Waals surface area contributed by atoms with Gasteiger partial charge in [-0.25, -0.2) is 0 Å². The molecule has 3 aromatic carbocycles. The Morgan fingerprint density at radius 1 is 1.00 bits per heavy atom. The molecular weight excluding hydrogens is 376 g/mol. The zero-order valence-corrected chi connectivity index (χ0v) is 18.5. The SMILES string of the molecule is C=CC=N/C(=C\C)c1ccc2c(c1)c1ccc(/C=C\C)c(CC)c1n2-c1ccccc1. The molecule has 0 aliphatic heterocycles. The van der Waals surface area contributed by atoms with Crippen LogP contribution in [0.1, 0.15) is 37.5 Å². The third kappa shape index (κ3) is 3.66. The van der Waals surface area contributed by atoms with Crippen molar-refractivity contribution >= 4 is 39.8 Å². The first-order valence-electron chi connectivity index (χ1n) is 10.8. The van der Waals surface area contributed by atoms with E-state index in [9.17, 15) is 0 Å². The Bertz CT molecular complexity index is 1330. The highest BCUT2D eigenvalue weighted by atomic mass is 15.0. The van der Waals surface area contributed by atoms with Crippen LogP contribution in [0.25, 0.3) is 39.3 Å². The second-order valence-electron chi connectivity index (χ2n) is 7.47. The van der Waals surface area contributed by atoms with Gasteiger partial charge in [0.25, 0.3) is 0 Å². The Hall–Kier alpha value is -3.65. The van der Waals surface area contributed by atoms with Gasteiger partial charge in [0, 0.05) is 28.2 Å². The summed E-state index contributed by atoms with van der Waals surface area (Å²) < 4.78 is 2.41. The topological polar surface area (TPSA) is 17.3 Å². The first-order chi connectivity index (χ1) is 15.2. The Labute approximate surface area is 184 Å². The highest BCUT2D eigenvalue weighted by Gasteiger charge is 2.17. The van der Waals surface area contributed by atoms with Gasteiger partial charge in [-0.3, -0.25) is 4.99 Å². The van der Waals surface area contributed by atoms with Crippen LogP contribution in [0.2, 0.25) is 0 Å². The maximum Gasteiger partial charge on any atom is 0.0659 e. The number of benzene rings is 3. The van der Waals surface area contributed by atoms with Gasteiger partial charge in [-0.1, -0.05) is 74.2 Å². The molecule has 2 heteroatoms. The molecule has 1 aromatic heterocycles. The lowest BCUT2D eigenvalue weighted by molar-refractivity contribution is 1.10. The fourth-order valence-corrected chi connectivity index (χ4v) is 4.35. The summed E-state index contributed by atoms with van der Waals surface area (Å²) in [4.78, 5) is 4.56. The summed E-state index contributed by atoms with van der Waals surface area (Å²) in [6.07, 6.45) is 10.8. The molecule has 4 rings (SSSR count). The van der Waals surface area contributed by atoms with Gasteiger partial charge in [0.2, 0.25) is 0 Å². The van der Waals surface area contributed by atoms with Gasteiger partial charge < -0.3 is 4.57 Å². The average molecular weight is 405 g/mol. The molecule has 0 fully saturated rings. The zero-order valence-electron chi connectivity index (χ0n) is 18.5. The van der Waals surface area contributed by atoms with E-state index in [2.05, 4.69) is 103 Å². The molecule has 154 valence electrons. The van der Waals surface area contributed by atoms with Crippen molar-refractivity contribution in [1.29, 1.82) is 0 Å². The molecule has 0 bridgehead atoms. The largest absolute Gasteiger partial charge is 0.309 e. The molecule has 0 radical (unpaired) electrons. The maximum absolute atomic E-state index is 4.56. The molecule has 0 saturated heterocycles. The fraction of sp³-hybridized carbons (Fsp3) is 0.138. The second kappa shape index (κ2) is 9.01. The predicted molar refractivity (Wildman–Crippen MR) is 137 cm³/mol. The summed E-state index contributed by atoms with van der Waals surface area (Å²) in [5, 5.41) is 2.51. The van der Waals surface area contributed by atoms with Crippen molar-refractivity contribution in [1.82, 2.24) is 4.57 Å². The van der Waals surface area contributed by atoms with Gasteiger partial charge >= 0.3 is 0 Å². The molecule has 1 heterocycles. The lowest BCUT2D eigenvalue weighted by Crippen LogP contribution is -1.98. The Balaban J connectivity index is 2.12. The molecule has 0 aliphatic rings. The quantitative estimate of drug-likeness (QED) is 0.290. The minimum absolute atomic E-state index is 0.948.